The molecule has 132 valence electrons. The van der Waals surface area contributed by atoms with Crippen LogP contribution in [0.3, 0.4) is 0 Å². The van der Waals surface area contributed by atoms with Crippen molar-refractivity contribution in [1.29, 1.82) is 0 Å². The number of hydrogen-bond acceptors (Lipinski definition) is 4. The predicted molar refractivity (Wildman–Crippen MR) is 92.0 cm³/mol. The van der Waals surface area contributed by atoms with Crippen molar-refractivity contribution in [3.63, 3.8) is 0 Å². The number of nitrogens with one attached hydrogen (secondary N) is 1. The standard InChI is InChI=1S/C18H27N3O3/c1-18(2,3)24-15-9-16(20-12-22)21(11-15)17(23)8-13-5-4-6-14(7-13)10-19/h4-7,12,15-16H,8-11,19H2,1-3H3,(H,20,22). The zero-order valence-electron chi connectivity index (χ0n) is 14.6. The highest BCUT2D eigenvalue weighted by Crippen LogP contribution is 2.24. The summed E-state index contributed by atoms with van der Waals surface area (Å²) in [6, 6.07) is 7.70. The summed E-state index contributed by atoms with van der Waals surface area (Å²) in [6.07, 6.45) is 1.12. The molecule has 0 spiro atoms. The molecule has 3 N–H and O–H groups in total. The van der Waals surface area contributed by atoms with Gasteiger partial charge in [-0.1, -0.05) is 24.3 Å². The van der Waals surface area contributed by atoms with E-state index in [1.807, 2.05) is 45.0 Å². The summed E-state index contributed by atoms with van der Waals surface area (Å²) in [6.45, 7) is 6.88. The van der Waals surface area contributed by atoms with E-state index in [0.29, 0.717) is 25.9 Å². The molecule has 2 atom stereocenters. The molecule has 2 amide bonds. The van der Waals surface area contributed by atoms with Gasteiger partial charge in [0.2, 0.25) is 12.3 Å². The third-order valence-electron chi connectivity index (χ3n) is 3.95. The van der Waals surface area contributed by atoms with Crippen molar-refractivity contribution >= 4 is 12.3 Å². The molecule has 6 heteroatoms. The number of benzene rings is 1. The van der Waals surface area contributed by atoms with Crippen molar-refractivity contribution in [2.45, 2.75) is 58.0 Å². The van der Waals surface area contributed by atoms with Crippen molar-refractivity contribution in [2.24, 2.45) is 5.73 Å². The van der Waals surface area contributed by atoms with Crippen LogP contribution in [0.15, 0.2) is 24.3 Å². The molecular weight excluding hydrogens is 306 g/mol. The fourth-order valence-electron chi connectivity index (χ4n) is 3.04. The Kier molecular flexibility index (Phi) is 5.96. The highest BCUT2D eigenvalue weighted by Gasteiger charge is 2.37. The van der Waals surface area contributed by atoms with Crippen molar-refractivity contribution < 1.29 is 14.3 Å². The van der Waals surface area contributed by atoms with Gasteiger partial charge in [0.05, 0.1) is 18.1 Å². The molecule has 2 unspecified atom stereocenters. The minimum Gasteiger partial charge on any atom is -0.371 e. The molecular formula is C18H27N3O3. The lowest BCUT2D eigenvalue weighted by Crippen LogP contribution is -2.44. The normalized spacial score (nSPS) is 20.9. The molecule has 0 bridgehead atoms. The first-order valence-corrected chi connectivity index (χ1v) is 8.27. The molecule has 24 heavy (non-hydrogen) atoms. The van der Waals surface area contributed by atoms with E-state index < -0.39 is 0 Å². The van der Waals surface area contributed by atoms with E-state index in [9.17, 15) is 9.59 Å². The van der Waals surface area contributed by atoms with Gasteiger partial charge in [-0.2, -0.15) is 0 Å². The SMILES string of the molecule is CC(C)(C)OC1CC(NC=O)N(C(=O)Cc2cccc(CN)c2)C1. The summed E-state index contributed by atoms with van der Waals surface area (Å²) in [7, 11) is 0. The van der Waals surface area contributed by atoms with E-state index >= 15 is 0 Å². The first-order valence-electron chi connectivity index (χ1n) is 8.27. The van der Waals surface area contributed by atoms with Crippen LogP contribution < -0.4 is 11.1 Å². The Labute approximate surface area is 143 Å². The first-order chi connectivity index (χ1) is 11.3. The Bertz CT molecular complexity index is 583. The van der Waals surface area contributed by atoms with Crippen LogP contribution in [0.4, 0.5) is 0 Å². The van der Waals surface area contributed by atoms with Crippen LogP contribution in [0.2, 0.25) is 0 Å². The third kappa shape index (κ3) is 5.04. The zero-order chi connectivity index (χ0) is 17.7. The van der Waals surface area contributed by atoms with Gasteiger partial charge >= 0.3 is 0 Å². The third-order valence-corrected chi connectivity index (χ3v) is 3.95. The number of likely N-dealkylation sites (tertiary alicyclic amines) is 1. The lowest BCUT2D eigenvalue weighted by molar-refractivity contribution is -0.133. The fraction of sp³-hybridized carbons (Fsp3) is 0.556. The van der Waals surface area contributed by atoms with Gasteiger partial charge in [0.1, 0.15) is 6.17 Å². The summed E-state index contributed by atoms with van der Waals surface area (Å²) in [5.41, 5.74) is 7.29. The topological polar surface area (TPSA) is 84.7 Å². The number of rotatable bonds is 6. The molecule has 1 aliphatic rings. The number of amides is 2. The van der Waals surface area contributed by atoms with Gasteiger partial charge in [-0.3, -0.25) is 9.59 Å². The number of carbonyl (C=O) groups is 2. The van der Waals surface area contributed by atoms with E-state index in [4.69, 9.17) is 10.5 Å². The van der Waals surface area contributed by atoms with Crippen molar-refractivity contribution in [3.05, 3.63) is 35.4 Å². The molecule has 0 aliphatic carbocycles. The maximum atomic E-state index is 12.7. The van der Waals surface area contributed by atoms with Gasteiger partial charge in [-0.05, 0) is 31.9 Å². The number of nitrogens with two attached hydrogens (primary N) is 1. The Morgan fingerprint density at radius 3 is 2.75 bits per heavy atom. The van der Waals surface area contributed by atoms with Crippen LogP contribution >= 0.6 is 0 Å². The molecule has 6 nitrogen and oxygen atoms in total. The lowest BCUT2D eigenvalue weighted by atomic mass is 10.1. The van der Waals surface area contributed by atoms with E-state index in [0.717, 1.165) is 11.1 Å². The summed E-state index contributed by atoms with van der Waals surface area (Å²) < 4.78 is 5.98. The maximum Gasteiger partial charge on any atom is 0.228 e. The Balaban J connectivity index is 2.06. The van der Waals surface area contributed by atoms with Crippen LogP contribution in [0.1, 0.15) is 38.3 Å². The molecule has 2 rings (SSSR count). The second-order valence-corrected chi connectivity index (χ2v) is 7.14. The van der Waals surface area contributed by atoms with Crippen LogP contribution in [0, 0.1) is 0 Å². The highest BCUT2D eigenvalue weighted by atomic mass is 16.5. The molecule has 1 aliphatic heterocycles. The Hall–Kier alpha value is -1.92. The van der Waals surface area contributed by atoms with Gasteiger partial charge in [0.15, 0.2) is 0 Å². The van der Waals surface area contributed by atoms with Crippen molar-refractivity contribution in [3.8, 4) is 0 Å². The summed E-state index contributed by atoms with van der Waals surface area (Å²) >= 11 is 0. The molecule has 0 radical (unpaired) electrons. The second kappa shape index (κ2) is 7.77. The van der Waals surface area contributed by atoms with Crippen LogP contribution in [0.25, 0.3) is 0 Å². The highest BCUT2D eigenvalue weighted by molar-refractivity contribution is 5.79. The van der Waals surface area contributed by atoms with Gasteiger partial charge in [-0.25, -0.2) is 0 Å². The monoisotopic (exact) mass is 333 g/mol. The lowest BCUT2D eigenvalue weighted by Gasteiger charge is -2.25. The Morgan fingerprint density at radius 1 is 1.42 bits per heavy atom. The van der Waals surface area contributed by atoms with E-state index in [1.165, 1.54) is 0 Å². The smallest absolute Gasteiger partial charge is 0.228 e. The molecule has 0 saturated carbocycles. The summed E-state index contributed by atoms with van der Waals surface area (Å²) in [4.78, 5) is 25.2. The van der Waals surface area contributed by atoms with Crippen molar-refractivity contribution in [2.75, 3.05) is 6.54 Å². The molecule has 1 fully saturated rings. The van der Waals surface area contributed by atoms with Gasteiger partial charge in [0.25, 0.3) is 0 Å². The van der Waals surface area contributed by atoms with E-state index in [2.05, 4.69) is 5.32 Å². The Morgan fingerprint density at radius 2 is 2.12 bits per heavy atom. The second-order valence-electron chi connectivity index (χ2n) is 7.14. The molecule has 1 aromatic carbocycles. The number of carbonyl (C=O) groups excluding carboxylic acids is 2. The first kappa shape index (κ1) is 18.4. The van der Waals surface area contributed by atoms with Gasteiger partial charge < -0.3 is 20.7 Å². The van der Waals surface area contributed by atoms with Gasteiger partial charge in [0, 0.05) is 19.5 Å². The average molecular weight is 333 g/mol. The van der Waals surface area contributed by atoms with Crippen LogP contribution in [0.5, 0.6) is 0 Å². The van der Waals surface area contributed by atoms with Crippen LogP contribution in [-0.4, -0.2) is 41.6 Å². The minimum absolute atomic E-state index is 0.0245. The summed E-state index contributed by atoms with van der Waals surface area (Å²) in [5, 5.41) is 2.72. The number of hydrogen-bond donors (Lipinski definition) is 2. The van der Waals surface area contributed by atoms with Crippen molar-refractivity contribution in [1.82, 2.24) is 10.2 Å². The largest absolute Gasteiger partial charge is 0.371 e. The van der Waals surface area contributed by atoms with Gasteiger partial charge in [-0.15, -0.1) is 0 Å². The number of ether oxygens (including phenoxy) is 1. The fourth-order valence-corrected chi connectivity index (χ4v) is 3.04. The van der Waals surface area contributed by atoms with Crippen LogP contribution in [-0.2, 0) is 27.3 Å². The minimum atomic E-state index is -0.319. The molecule has 0 aromatic heterocycles. The van der Waals surface area contributed by atoms with E-state index in [1.54, 1.807) is 4.90 Å². The maximum absolute atomic E-state index is 12.7. The molecule has 1 saturated heterocycles. The molecule has 1 aromatic rings. The predicted octanol–water partition coefficient (Wildman–Crippen LogP) is 1.18. The zero-order valence-corrected chi connectivity index (χ0v) is 14.6. The number of nitrogens with zero attached hydrogens (tertiary/aromatic N) is 1. The molecule has 1 heterocycles. The van der Waals surface area contributed by atoms with E-state index in [-0.39, 0.29) is 30.2 Å². The quantitative estimate of drug-likeness (QED) is 0.766. The summed E-state index contributed by atoms with van der Waals surface area (Å²) in [5.74, 6) is -0.0245. The average Bonchev–Trinajstić information content (AvgIpc) is 2.88.